The van der Waals surface area contributed by atoms with Gasteiger partial charge >= 0.3 is 6.09 Å². The average Bonchev–Trinajstić information content (AvgIpc) is 2.79. The van der Waals surface area contributed by atoms with E-state index in [2.05, 4.69) is 26.9 Å². The topological polar surface area (TPSA) is 111 Å². The number of ether oxygens (including phenoxy) is 2. The Hall–Kier alpha value is -3.27. The number of nitrogens with zero attached hydrogens (tertiary/aromatic N) is 2. The van der Waals surface area contributed by atoms with Crippen LogP contribution in [0.25, 0.3) is 21.9 Å². The van der Waals surface area contributed by atoms with Crippen LogP contribution in [0.3, 0.4) is 0 Å². The number of nitrogens with one attached hydrogen (secondary N) is 2. The molecule has 1 amide bonds. The van der Waals surface area contributed by atoms with Gasteiger partial charge < -0.3 is 20.5 Å². The van der Waals surface area contributed by atoms with Gasteiger partial charge in [0, 0.05) is 40.7 Å². The van der Waals surface area contributed by atoms with Crippen molar-refractivity contribution in [1.82, 2.24) is 9.97 Å². The molecule has 2 aliphatic rings. The van der Waals surface area contributed by atoms with Crippen molar-refractivity contribution in [2.75, 3.05) is 35.8 Å². The van der Waals surface area contributed by atoms with Crippen molar-refractivity contribution in [3.8, 4) is 17.0 Å². The standard InChI is InChI=1S/C23H24FN5O3S/c1-11-16(9-28-22-21(11)26-3-4-31-22)15-5-12-6-18(27-10-17(12)20(25)19(15)24)29-23(30)32-13-7-14(8-13)33-2/h5-6,9-10,13-14,26H,3-4,7-8,25H2,1-2H3,(H,27,29,30). The molecule has 1 aliphatic heterocycles. The molecule has 2 aromatic heterocycles. The van der Waals surface area contributed by atoms with Gasteiger partial charge in [0.2, 0.25) is 5.88 Å². The number of carbonyl (C=O) groups is 1. The van der Waals surface area contributed by atoms with Crippen LogP contribution in [-0.2, 0) is 4.74 Å². The van der Waals surface area contributed by atoms with Gasteiger partial charge in [-0.15, -0.1) is 0 Å². The van der Waals surface area contributed by atoms with E-state index < -0.39 is 11.9 Å². The first-order chi connectivity index (χ1) is 15.9. The van der Waals surface area contributed by atoms with Crippen LogP contribution < -0.4 is 21.1 Å². The summed E-state index contributed by atoms with van der Waals surface area (Å²) in [6.07, 6.45) is 6.17. The van der Waals surface area contributed by atoms with Crippen LogP contribution in [0, 0.1) is 12.7 Å². The molecule has 1 aliphatic carbocycles. The van der Waals surface area contributed by atoms with Gasteiger partial charge in [-0.25, -0.2) is 19.2 Å². The molecule has 0 radical (unpaired) electrons. The van der Waals surface area contributed by atoms with E-state index in [0.717, 1.165) is 24.1 Å². The van der Waals surface area contributed by atoms with Crippen molar-refractivity contribution in [3.63, 3.8) is 0 Å². The van der Waals surface area contributed by atoms with Gasteiger partial charge in [0.05, 0.1) is 5.69 Å². The Labute approximate surface area is 194 Å². The lowest BCUT2D eigenvalue weighted by Crippen LogP contribution is -2.36. The highest BCUT2D eigenvalue weighted by molar-refractivity contribution is 7.99. The zero-order valence-electron chi connectivity index (χ0n) is 18.3. The number of hydrogen-bond acceptors (Lipinski definition) is 8. The van der Waals surface area contributed by atoms with Crippen molar-refractivity contribution in [3.05, 3.63) is 35.9 Å². The number of amides is 1. The number of aromatic nitrogens is 2. The Morgan fingerprint density at radius 3 is 2.91 bits per heavy atom. The van der Waals surface area contributed by atoms with Gasteiger partial charge in [0.15, 0.2) is 5.82 Å². The first kappa shape index (κ1) is 21.6. The monoisotopic (exact) mass is 469 g/mol. The minimum atomic E-state index is -0.553. The summed E-state index contributed by atoms with van der Waals surface area (Å²) in [5.41, 5.74) is 8.60. The summed E-state index contributed by atoms with van der Waals surface area (Å²) >= 11 is 1.78. The van der Waals surface area contributed by atoms with E-state index in [9.17, 15) is 4.79 Å². The van der Waals surface area contributed by atoms with Gasteiger partial charge in [0.1, 0.15) is 24.2 Å². The van der Waals surface area contributed by atoms with Gasteiger partial charge in [0.25, 0.3) is 0 Å². The SMILES string of the molecule is CSC1CC(OC(=O)Nc2cc3cc(-c4cnc5c(c4C)NCCO5)c(F)c(N)c3cn2)C1. The maximum Gasteiger partial charge on any atom is 0.413 e. The van der Waals surface area contributed by atoms with E-state index in [0.29, 0.717) is 52.0 Å². The zero-order chi connectivity index (χ0) is 23.1. The summed E-state index contributed by atoms with van der Waals surface area (Å²) in [5, 5.41) is 7.56. The number of thioether (sulfide) groups is 1. The summed E-state index contributed by atoms with van der Waals surface area (Å²) in [7, 11) is 0. The fraction of sp³-hybridized carbons (Fsp3) is 0.348. The second-order valence-electron chi connectivity index (χ2n) is 8.18. The summed E-state index contributed by atoms with van der Waals surface area (Å²) < 4.78 is 26.3. The van der Waals surface area contributed by atoms with E-state index in [1.807, 2.05) is 6.92 Å². The first-order valence-corrected chi connectivity index (χ1v) is 12.0. The number of benzene rings is 1. The quantitative estimate of drug-likeness (QED) is 0.477. The van der Waals surface area contributed by atoms with Crippen LogP contribution in [0.4, 0.5) is 26.4 Å². The fourth-order valence-electron chi connectivity index (χ4n) is 4.15. The van der Waals surface area contributed by atoms with E-state index >= 15 is 4.39 Å². The zero-order valence-corrected chi connectivity index (χ0v) is 19.1. The average molecular weight is 470 g/mol. The summed E-state index contributed by atoms with van der Waals surface area (Å²) in [4.78, 5) is 20.8. The number of anilines is 3. The van der Waals surface area contributed by atoms with Crippen LogP contribution >= 0.6 is 11.8 Å². The highest BCUT2D eigenvalue weighted by Crippen LogP contribution is 2.39. The molecular formula is C23H24FN5O3S. The van der Waals surface area contributed by atoms with Crippen LogP contribution in [0.15, 0.2) is 24.5 Å². The van der Waals surface area contributed by atoms with Crippen molar-refractivity contribution in [2.24, 2.45) is 0 Å². The van der Waals surface area contributed by atoms with E-state index in [4.69, 9.17) is 15.2 Å². The van der Waals surface area contributed by atoms with E-state index in [1.54, 1.807) is 30.1 Å². The number of carbonyl (C=O) groups excluding carboxylic acids is 1. The molecule has 33 heavy (non-hydrogen) atoms. The molecule has 0 spiro atoms. The van der Waals surface area contributed by atoms with Gasteiger partial charge in [-0.2, -0.15) is 11.8 Å². The molecule has 1 fully saturated rings. The molecular weight excluding hydrogens is 445 g/mol. The summed E-state index contributed by atoms with van der Waals surface area (Å²) in [5.74, 6) is 0.265. The second kappa shape index (κ2) is 8.58. The molecule has 0 atom stereocenters. The minimum absolute atomic E-state index is 0.0111. The highest BCUT2D eigenvalue weighted by Gasteiger charge is 2.31. The Morgan fingerprint density at radius 2 is 2.12 bits per heavy atom. The number of fused-ring (bicyclic) bond motifs is 2. The predicted octanol–water partition coefficient (Wildman–Crippen LogP) is 4.57. The Balaban J connectivity index is 1.45. The normalized spacial score (nSPS) is 19.1. The van der Waals surface area contributed by atoms with Crippen LogP contribution in [0.1, 0.15) is 18.4 Å². The lowest BCUT2D eigenvalue weighted by molar-refractivity contribution is 0.0663. The minimum Gasteiger partial charge on any atom is -0.474 e. The third kappa shape index (κ3) is 3.99. The van der Waals surface area contributed by atoms with Gasteiger partial charge in [-0.1, -0.05) is 0 Å². The van der Waals surface area contributed by atoms with Crippen molar-refractivity contribution >= 4 is 45.8 Å². The third-order valence-corrected chi connectivity index (χ3v) is 7.18. The molecule has 3 heterocycles. The fourth-order valence-corrected chi connectivity index (χ4v) is 4.96. The van der Waals surface area contributed by atoms with E-state index in [-0.39, 0.29) is 11.8 Å². The largest absolute Gasteiger partial charge is 0.474 e. The Morgan fingerprint density at radius 1 is 1.30 bits per heavy atom. The molecule has 1 saturated carbocycles. The highest BCUT2D eigenvalue weighted by atomic mass is 32.2. The molecule has 8 nitrogen and oxygen atoms in total. The number of nitrogens with two attached hydrogens (primary N) is 1. The molecule has 1 aromatic carbocycles. The maximum atomic E-state index is 15.3. The second-order valence-corrected chi connectivity index (χ2v) is 9.31. The number of rotatable bonds is 4. The molecule has 3 aromatic rings. The van der Waals surface area contributed by atoms with Crippen molar-refractivity contribution in [1.29, 1.82) is 0 Å². The lowest BCUT2D eigenvalue weighted by Gasteiger charge is -2.33. The summed E-state index contributed by atoms with van der Waals surface area (Å²) in [6, 6.07) is 3.35. The predicted molar refractivity (Wildman–Crippen MR) is 128 cm³/mol. The lowest BCUT2D eigenvalue weighted by atomic mass is 9.95. The van der Waals surface area contributed by atoms with Crippen LogP contribution in [-0.4, -0.2) is 46.8 Å². The van der Waals surface area contributed by atoms with Crippen LogP contribution in [0.2, 0.25) is 0 Å². The number of pyridine rings is 2. The Bertz CT molecular complexity index is 1250. The molecule has 10 heteroatoms. The molecule has 4 N–H and O–H groups in total. The Kier molecular flexibility index (Phi) is 5.61. The van der Waals surface area contributed by atoms with Gasteiger partial charge in [-0.05, 0) is 49.1 Å². The number of halogens is 1. The number of nitrogen functional groups attached to an aromatic ring is 1. The van der Waals surface area contributed by atoms with Crippen molar-refractivity contribution < 1.29 is 18.7 Å². The first-order valence-electron chi connectivity index (χ1n) is 10.7. The van der Waals surface area contributed by atoms with E-state index in [1.165, 1.54) is 6.20 Å². The molecule has 0 saturated heterocycles. The summed E-state index contributed by atoms with van der Waals surface area (Å²) in [6.45, 7) is 3.06. The maximum absolute atomic E-state index is 15.3. The number of hydrogen-bond donors (Lipinski definition) is 3. The smallest absolute Gasteiger partial charge is 0.413 e. The molecule has 5 rings (SSSR count). The third-order valence-electron chi connectivity index (χ3n) is 6.12. The molecule has 172 valence electrons. The van der Waals surface area contributed by atoms with Crippen LogP contribution in [0.5, 0.6) is 5.88 Å². The molecule has 0 bridgehead atoms. The van der Waals surface area contributed by atoms with Crippen molar-refractivity contribution in [2.45, 2.75) is 31.1 Å². The molecule has 0 unspecified atom stereocenters. The van der Waals surface area contributed by atoms with Gasteiger partial charge in [-0.3, -0.25) is 5.32 Å².